The summed E-state index contributed by atoms with van der Waals surface area (Å²) in [7, 11) is 1.35. The van der Waals surface area contributed by atoms with Crippen molar-refractivity contribution in [2.24, 2.45) is 0 Å². The Balaban J connectivity index is 2.47. The lowest BCUT2D eigenvalue weighted by molar-refractivity contribution is -0.266. The number of rotatable bonds is 6. The molecule has 0 fully saturated rings. The van der Waals surface area contributed by atoms with Crippen molar-refractivity contribution in [1.82, 2.24) is 0 Å². The molecule has 0 spiro atoms. The van der Waals surface area contributed by atoms with Crippen LogP contribution in [-0.4, -0.2) is 24.0 Å². The van der Waals surface area contributed by atoms with Crippen LogP contribution in [0.5, 0.6) is 5.75 Å². The molecule has 2 aromatic carbocycles. The van der Waals surface area contributed by atoms with Gasteiger partial charge in [-0.15, -0.1) is 0 Å². The van der Waals surface area contributed by atoms with Crippen LogP contribution in [0.15, 0.2) is 36.4 Å². The van der Waals surface area contributed by atoms with E-state index < -0.39 is 35.9 Å². The second-order valence-corrected chi connectivity index (χ2v) is 7.54. The molecular formula is C20H20ClF4O2. The van der Waals surface area contributed by atoms with Crippen molar-refractivity contribution in [2.75, 3.05) is 7.11 Å². The fraction of sp³-hybridized carbons (Fsp3) is 0.400. The first-order chi connectivity index (χ1) is 12.4. The van der Waals surface area contributed by atoms with Gasteiger partial charge in [-0.3, -0.25) is 0 Å². The van der Waals surface area contributed by atoms with E-state index in [-0.39, 0.29) is 21.9 Å². The average Bonchev–Trinajstić information content (AvgIpc) is 2.55. The second-order valence-electron chi connectivity index (χ2n) is 7.13. The molecule has 0 saturated heterocycles. The molecule has 2 rings (SSSR count). The number of halogens is 5. The van der Waals surface area contributed by atoms with Crippen molar-refractivity contribution < 1.29 is 27.4 Å². The summed E-state index contributed by atoms with van der Waals surface area (Å²) in [5.41, 5.74) is -3.93. The summed E-state index contributed by atoms with van der Waals surface area (Å²) in [4.78, 5) is 0. The van der Waals surface area contributed by atoms with Crippen LogP contribution in [-0.2, 0) is 11.8 Å². The van der Waals surface area contributed by atoms with Gasteiger partial charge in [0.2, 0.25) is 0 Å². The van der Waals surface area contributed by atoms with E-state index in [1.54, 1.807) is 0 Å². The van der Waals surface area contributed by atoms with Crippen molar-refractivity contribution in [3.63, 3.8) is 0 Å². The van der Waals surface area contributed by atoms with Crippen LogP contribution in [0.4, 0.5) is 17.6 Å². The number of aliphatic hydroxyl groups is 1. The standard InChI is InChI=1S/C20H20ClF4O2/c1-18(2,15-10-14(22)8-9-17(15)27-3)12-19(26,20(23,24)25)11-13-6-4-5-7-16(13)21/h4,6-10,26H,11-12H2,1-3H3. The van der Waals surface area contributed by atoms with Gasteiger partial charge in [0.1, 0.15) is 11.6 Å². The molecule has 0 aliphatic heterocycles. The molecule has 27 heavy (non-hydrogen) atoms. The summed E-state index contributed by atoms with van der Waals surface area (Å²) in [6, 6.07) is 10.5. The Kier molecular flexibility index (Phi) is 6.12. The Bertz CT molecular complexity index is 805. The zero-order valence-corrected chi connectivity index (χ0v) is 15.9. The fourth-order valence-corrected chi connectivity index (χ4v) is 3.39. The predicted octanol–water partition coefficient (Wildman–Crippen LogP) is 5.49. The van der Waals surface area contributed by atoms with Gasteiger partial charge in [0, 0.05) is 17.0 Å². The lowest BCUT2D eigenvalue weighted by Gasteiger charge is -2.38. The molecule has 2 nitrogen and oxygen atoms in total. The summed E-state index contributed by atoms with van der Waals surface area (Å²) in [5.74, 6) is -0.352. The smallest absolute Gasteiger partial charge is 0.417 e. The van der Waals surface area contributed by atoms with Gasteiger partial charge in [0.15, 0.2) is 5.60 Å². The summed E-state index contributed by atoms with van der Waals surface area (Å²) in [6.45, 7) is 3.00. The number of alkyl halides is 3. The highest BCUT2D eigenvalue weighted by atomic mass is 35.5. The van der Waals surface area contributed by atoms with Gasteiger partial charge < -0.3 is 9.84 Å². The lowest BCUT2D eigenvalue weighted by Crippen LogP contribution is -2.50. The second kappa shape index (κ2) is 7.68. The third-order valence-corrected chi connectivity index (χ3v) is 4.89. The first-order valence-corrected chi connectivity index (χ1v) is 8.55. The molecular weight excluding hydrogens is 384 g/mol. The van der Waals surface area contributed by atoms with Crippen molar-refractivity contribution in [2.45, 2.75) is 43.9 Å². The molecule has 1 atom stereocenters. The summed E-state index contributed by atoms with van der Waals surface area (Å²) in [6.07, 6.45) is -6.36. The number of ether oxygens (including phenoxy) is 1. The zero-order valence-electron chi connectivity index (χ0n) is 15.1. The summed E-state index contributed by atoms with van der Waals surface area (Å²) >= 11 is 5.96. The van der Waals surface area contributed by atoms with Gasteiger partial charge in [-0.2, -0.15) is 13.2 Å². The monoisotopic (exact) mass is 403 g/mol. The summed E-state index contributed by atoms with van der Waals surface area (Å²) in [5, 5.41) is 10.7. The van der Waals surface area contributed by atoms with Crippen LogP contribution < -0.4 is 4.74 Å². The van der Waals surface area contributed by atoms with E-state index in [0.29, 0.717) is 0 Å². The quantitative estimate of drug-likeness (QED) is 0.646. The maximum absolute atomic E-state index is 13.8. The molecule has 0 saturated carbocycles. The molecule has 0 aliphatic rings. The van der Waals surface area contributed by atoms with Gasteiger partial charge in [0.25, 0.3) is 0 Å². The molecule has 1 N–H and O–H groups in total. The van der Waals surface area contributed by atoms with E-state index in [1.165, 1.54) is 45.2 Å². The van der Waals surface area contributed by atoms with E-state index in [4.69, 9.17) is 16.3 Å². The Labute approximate surface area is 160 Å². The molecule has 0 bridgehead atoms. The average molecular weight is 404 g/mol. The molecule has 0 aliphatic carbocycles. The van der Waals surface area contributed by atoms with Crippen LogP contribution in [0, 0.1) is 11.9 Å². The number of hydrogen-bond acceptors (Lipinski definition) is 2. The molecule has 1 unspecified atom stereocenters. The van der Waals surface area contributed by atoms with E-state index in [9.17, 15) is 22.7 Å². The SMILES string of the molecule is COc1ccc(F)cc1C(C)(C)CC(O)(Cc1cc[c]cc1Cl)C(F)(F)F. The molecule has 0 amide bonds. The molecule has 1 radical (unpaired) electrons. The first kappa shape index (κ1) is 21.5. The third-order valence-electron chi connectivity index (χ3n) is 4.53. The highest BCUT2D eigenvalue weighted by Crippen LogP contribution is 2.45. The first-order valence-electron chi connectivity index (χ1n) is 8.17. The van der Waals surface area contributed by atoms with Gasteiger partial charge in [-0.1, -0.05) is 37.6 Å². The largest absolute Gasteiger partial charge is 0.496 e. The van der Waals surface area contributed by atoms with Crippen molar-refractivity contribution in [1.29, 1.82) is 0 Å². The summed E-state index contributed by atoms with van der Waals surface area (Å²) < 4.78 is 60.4. The minimum absolute atomic E-state index is 0.0846. The van der Waals surface area contributed by atoms with E-state index >= 15 is 0 Å². The lowest BCUT2D eigenvalue weighted by atomic mass is 9.72. The molecule has 147 valence electrons. The number of hydrogen-bond donors (Lipinski definition) is 1. The maximum atomic E-state index is 13.8. The van der Waals surface area contributed by atoms with Gasteiger partial charge in [-0.25, -0.2) is 4.39 Å². The van der Waals surface area contributed by atoms with Crippen molar-refractivity contribution >= 4 is 11.6 Å². The van der Waals surface area contributed by atoms with Gasteiger partial charge in [-0.05, 0) is 47.7 Å². The van der Waals surface area contributed by atoms with Gasteiger partial charge in [0.05, 0.1) is 7.11 Å². The van der Waals surface area contributed by atoms with E-state index in [0.717, 1.165) is 12.1 Å². The highest BCUT2D eigenvalue weighted by molar-refractivity contribution is 6.31. The van der Waals surface area contributed by atoms with Crippen LogP contribution in [0.1, 0.15) is 31.4 Å². The Morgan fingerprint density at radius 1 is 1.19 bits per heavy atom. The van der Waals surface area contributed by atoms with E-state index in [2.05, 4.69) is 6.07 Å². The molecule has 2 aromatic rings. The van der Waals surface area contributed by atoms with Crippen molar-refractivity contribution in [3.8, 4) is 5.75 Å². The minimum atomic E-state index is -4.92. The maximum Gasteiger partial charge on any atom is 0.417 e. The topological polar surface area (TPSA) is 29.5 Å². The van der Waals surface area contributed by atoms with Crippen molar-refractivity contribution in [3.05, 3.63) is 64.4 Å². The molecule has 0 aromatic heterocycles. The van der Waals surface area contributed by atoms with Crippen LogP contribution in [0.3, 0.4) is 0 Å². The number of methoxy groups -OCH3 is 1. The van der Waals surface area contributed by atoms with Crippen LogP contribution >= 0.6 is 11.6 Å². The normalized spacial score (nSPS) is 14.7. The van der Waals surface area contributed by atoms with Crippen LogP contribution in [0.2, 0.25) is 5.02 Å². The minimum Gasteiger partial charge on any atom is -0.496 e. The highest BCUT2D eigenvalue weighted by Gasteiger charge is 2.56. The fourth-order valence-electron chi connectivity index (χ4n) is 3.20. The predicted molar refractivity (Wildman–Crippen MR) is 95.6 cm³/mol. The Morgan fingerprint density at radius 3 is 2.41 bits per heavy atom. The number of benzene rings is 2. The Hall–Kier alpha value is -1.79. The van der Waals surface area contributed by atoms with E-state index in [1.807, 2.05) is 0 Å². The Morgan fingerprint density at radius 2 is 1.85 bits per heavy atom. The third kappa shape index (κ3) is 4.74. The molecule has 7 heteroatoms. The zero-order chi connectivity index (χ0) is 20.5. The molecule has 0 heterocycles. The van der Waals surface area contributed by atoms with Gasteiger partial charge >= 0.3 is 6.18 Å². The van der Waals surface area contributed by atoms with Crippen LogP contribution in [0.25, 0.3) is 0 Å².